The molecular weight excluding hydrogens is 601 g/mol. The number of rotatable bonds is 4. The minimum Gasteiger partial charge on any atom is -0.651 e. The molecule has 5 nitrogen and oxygen atoms in total. The van der Waals surface area contributed by atoms with Crippen LogP contribution in [0, 0.1) is 0 Å². The molecule has 0 saturated heterocycles. The number of aliphatic hydroxyl groups is 1. The van der Waals surface area contributed by atoms with Crippen molar-refractivity contribution in [3.05, 3.63) is 74.8 Å². The molecule has 0 saturated carbocycles. The average Bonchev–Trinajstić information content (AvgIpc) is 3.39. The Bertz CT molecular complexity index is 1230. The molecule has 0 amide bonds. The zero-order valence-electron chi connectivity index (χ0n) is 19.8. The Hall–Kier alpha value is -2.26. The summed E-state index contributed by atoms with van der Waals surface area (Å²) in [6.45, 7) is 4.09. The first-order valence-corrected chi connectivity index (χ1v) is 12.2. The van der Waals surface area contributed by atoms with Gasteiger partial charge in [-0.3, -0.25) is 4.79 Å². The maximum absolute atomic E-state index is 12.3. The molecule has 0 aromatic heterocycles. The molecule has 2 aliphatic rings. The Morgan fingerprint density at radius 3 is 2.16 bits per heavy atom. The smallest absolute Gasteiger partial charge is 0.651 e. The molecule has 2 aromatic carbocycles. The SMILES string of the molecule is CC(C)c1ccc2c(c1)S/C(=C/C(O)C(F)(F)F)[N-]2.COc1ccc2c(c1)[N-]/C(=C\C(=O)C(F)(F)F)S2.[Co+2]. The molecule has 1 N–H and O–H groups in total. The average molecular weight is 621 g/mol. The van der Waals surface area contributed by atoms with Gasteiger partial charge in [-0.25, -0.2) is 0 Å². The second-order valence-electron chi connectivity index (χ2n) is 7.98. The van der Waals surface area contributed by atoms with Crippen LogP contribution in [0.2, 0.25) is 0 Å². The van der Waals surface area contributed by atoms with Crippen LogP contribution in [0.15, 0.2) is 68.4 Å². The summed E-state index contributed by atoms with van der Waals surface area (Å²) in [6.07, 6.45) is -10.8. The maximum Gasteiger partial charge on any atom is 2.00 e. The topological polar surface area (TPSA) is 74.7 Å². The molecule has 207 valence electrons. The van der Waals surface area contributed by atoms with Crippen LogP contribution >= 0.6 is 23.5 Å². The number of ketones is 1. The number of carbonyl (C=O) groups excluding carboxylic acids is 1. The van der Waals surface area contributed by atoms with E-state index in [9.17, 15) is 31.1 Å². The fraction of sp³-hybridized carbons (Fsp3) is 0.292. The van der Waals surface area contributed by atoms with Crippen LogP contribution in [0.25, 0.3) is 10.6 Å². The molecule has 1 atom stereocenters. The van der Waals surface area contributed by atoms with Crippen molar-refractivity contribution in [3.63, 3.8) is 0 Å². The van der Waals surface area contributed by atoms with Gasteiger partial charge in [0.05, 0.1) is 7.11 Å². The molecule has 1 radical (unpaired) electrons. The fourth-order valence-electron chi connectivity index (χ4n) is 2.93. The second kappa shape index (κ2) is 12.7. The van der Waals surface area contributed by atoms with E-state index in [2.05, 4.69) is 10.6 Å². The van der Waals surface area contributed by atoms with Crippen LogP contribution in [0.1, 0.15) is 25.3 Å². The molecular formula is C24H20CoF6N2O3S2. The maximum atomic E-state index is 12.3. The van der Waals surface area contributed by atoms with Crippen molar-refractivity contribution < 1.29 is 57.8 Å². The van der Waals surface area contributed by atoms with Gasteiger partial charge in [-0.2, -0.15) is 26.3 Å². The summed E-state index contributed by atoms with van der Waals surface area (Å²) in [5, 5.41) is 17.2. The third kappa shape index (κ3) is 8.37. The standard InChI is InChI=1S/C13H13F3NOS.C11H8F3NO2S.Co/c1-7(2)8-3-4-9-10(5-8)19-12(17-9)6-11(18)13(14,15)16;1-17-6-2-3-8-7(4-6)15-10(18-8)5-9(16)11(12,13)14;/h3-7,11,18H,1-2H3;2-5H,1H3,(H,15,16);/q-1;;+2/p-1/b12-6+;;. The summed E-state index contributed by atoms with van der Waals surface area (Å²) in [7, 11) is 1.48. The monoisotopic (exact) mass is 621 g/mol. The zero-order chi connectivity index (χ0) is 27.5. The minimum absolute atomic E-state index is 0. The Morgan fingerprint density at radius 1 is 0.947 bits per heavy atom. The number of hydrogen-bond donors (Lipinski definition) is 1. The number of nitrogens with zero attached hydrogens (tertiary/aromatic N) is 2. The van der Waals surface area contributed by atoms with Crippen molar-refractivity contribution in [3.8, 4) is 5.75 Å². The summed E-state index contributed by atoms with van der Waals surface area (Å²) >= 11 is 2.16. The predicted molar refractivity (Wildman–Crippen MR) is 131 cm³/mol. The number of thioether (sulfide) groups is 2. The van der Waals surface area contributed by atoms with Crippen LogP contribution in [-0.4, -0.2) is 36.5 Å². The van der Waals surface area contributed by atoms with E-state index in [-0.39, 0.29) is 26.8 Å². The Morgan fingerprint density at radius 2 is 1.58 bits per heavy atom. The number of benzene rings is 2. The first-order chi connectivity index (χ1) is 17.2. The number of allylic oxidation sites excluding steroid dienone is 1. The third-order valence-electron chi connectivity index (χ3n) is 4.88. The zero-order valence-corrected chi connectivity index (χ0v) is 22.5. The van der Waals surface area contributed by atoms with Gasteiger partial charge in [0.1, 0.15) is 5.75 Å². The van der Waals surface area contributed by atoms with Crippen LogP contribution in [-0.2, 0) is 21.6 Å². The molecule has 0 aliphatic carbocycles. The van der Waals surface area contributed by atoms with Crippen molar-refractivity contribution in [1.29, 1.82) is 0 Å². The van der Waals surface area contributed by atoms with Crippen molar-refractivity contribution in [2.24, 2.45) is 0 Å². The van der Waals surface area contributed by atoms with E-state index in [1.807, 2.05) is 26.0 Å². The van der Waals surface area contributed by atoms with Gasteiger partial charge in [0.2, 0.25) is 0 Å². The van der Waals surface area contributed by atoms with E-state index in [1.165, 1.54) is 7.11 Å². The van der Waals surface area contributed by atoms with Gasteiger partial charge in [-0.05, 0) is 51.6 Å². The van der Waals surface area contributed by atoms with E-state index in [4.69, 9.17) is 9.84 Å². The minimum atomic E-state index is -4.87. The molecule has 1 unspecified atom stereocenters. The van der Waals surface area contributed by atoms with Crippen LogP contribution in [0.5, 0.6) is 5.75 Å². The van der Waals surface area contributed by atoms with Gasteiger partial charge in [-0.15, -0.1) is 34.9 Å². The quantitative estimate of drug-likeness (QED) is 0.274. The van der Waals surface area contributed by atoms with E-state index in [0.717, 1.165) is 40.1 Å². The van der Waals surface area contributed by atoms with Gasteiger partial charge in [-0.1, -0.05) is 42.1 Å². The first-order valence-electron chi connectivity index (χ1n) is 10.6. The summed E-state index contributed by atoms with van der Waals surface area (Å²) in [5.74, 6) is -1.00. The number of alkyl halides is 6. The summed E-state index contributed by atoms with van der Waals surface area (Å²) in [5.41, 5.74) is 2.26. The van der Waals surface area contributed by atoms with Gasteiger partial charge in [0, 0.05) is 0 Å². The number of hydrogen-bond acceptors (Lipinski definition) is 5. The number of halogens is 6. The summed E-state index contributed by atoms with van der Waals surface area (Å²) in [6, 6.07) is 10.6. The fourth-order valence-corrected chi connectivity index (χ4v) is 4.79. The van der Waals surface area contributed by atoms with Gasteiger partial charge in [0.25, 0.3) is 5.78 Å². The normalized spacial score (nSPS) is 17.0. The van der Waals surface area contributed by atoms with Crippen molar-refractivity contribution in [2.75, 3.05) is 7.11 Å². The van der Waals surface area contributed by atoms with Crippen LogP contribution in [0.3, 0.4) is 0 Å². The number of fused-ring (bicyclic) bond motifs is 2. The van der Waals surface area contributed by atoms with E-state index in [1.54, 1.807) is 24.3 Å². The largest absolute Gasteiger partial charge is 2.00 e. The molecule has 2 heterocycles. The van der Waals surface area contributed by atoms with Gasteiger partial charge < -0.3 is 20.5 Å². The molecule has 0 bridgehead atoms. The van der Waals surface area contributed by atoms with Crippen molar-refractivity contribution in [2.45, 2.75) is 48.0 Å². The summed E-state index contributed by atoms with van der Waals surface area (Å²) in [4.78, 5) is 12.3. The number of aliphatic hydroxyl groups excluding tert-OH is 1. The van der Waals surface area contributed by atoms with Crippen molar-refractivity contribution >= 4 is 40.7 Å². The number of methoxy groups -OCH3 is 1. The molecule has 0 spiro atoms. The Balaban J connectivity index is 0.000000260. The Labute approximate surface area is 233 Å². The molecule has 2 aliphatic heterocycles. The van der Waals surface area contributed by atoms with Gasteiger partial charge in [0.15, 0.2) is 6.10 Å². The number of ether oxygens (including phenoxy) is 1. The first kappa shape index (κ1) is 32.0. The van der Waals surface area contributed by atoms with Crippen LogP contribution in [0.4, 0.5) is 37.7 Å². The van der Waals surface area contributed by atoms with E-state index >= 15 is 0 Å². The van der Waals surface area contributed by atoms with Crippen LogP contribution < -0.4 is 4.74 Å². The molecule has 2 aromatic rings. The van der Waals surface area contributed by atoms with E-state index in [0.29, 0.717) is 34.0 Å². The summed E-state index contributed by atoms with van der Waals surface area (Å²) < 4.78 is 78.0. The Kier molecular flexibility index (Phi) is 10.7. The van der Waals surface area contributed by atoms with E-state index < -0.39 is 24.2 Å². The molecule has 4 rings (SSSR count). The predicted octanol–water partition coefficient (Wildman–Crippen LogP) is 8.46. The molecule has 0 fully saturated rings. The molecule has 38 heavy (non-hydrogen) atoms. The van der Waals surface area contributed by atoms with Crippen molar-refractivity contribution in [1.82, 2.24) is 0 Å². The molecule has 14 heteroatoms. The third-order valence-corrected chi connectivity index (χ3v) is 6.84. The second-order valence-corrected chi connectivity index (χ2v) is 10.1. The number of carbonyl (C=O) groups is 1. The van der Waals surface area contributed by atoms with Gasteiger partial charge >= 0.3 is 29.1 Å².